The van der Waals surface area contributed by atoms with Gasteiger partial charge in [0.2, 0.25) is 0 Å². The first kappa shape index (κ1) is 67.6. The van der Waals surface area contributed by atoms with Crippen LogP contribution in [0.4, 0.5) is 22.7 Å². The van der Waals surface area contributed by atoms with E-state index in [2.05, 4.69) is 271 Å². The predicted octanol–water partition coefficient (Wildman–Crippen LogP) is 19.3. The molecule has 2 heterocycles. The first-order chi connectivity index (χ1) is 36.7. The molecule has 0 atom stereocenters. The van der Waals surface area contributed by atoms with Gasteiger partial charge in [-0.2, -0.15) is 81.6 Å². The molecule has 8 heteroatoms. The van der Waals surface area contributed by atoms with E-state index in [0.29, 0.717) is 60.4 Å². The molecule has 0 aromatic heterocycles. The van der Waals surface area contributed by atoms with Crippen molar-refractivity contribution < 1.29 is 54.3 Å². The number of nitrogens with zero attached hydrogens (tertiary/aromatic N) is 4. The Labute approximate surface area is 516 Å². The fourth-order valence-corrected chi connectivity index (χ4v) is 11.1. The summed E-state index contributed by atoms with van der Waals surface area (Å²) in [6.45, 7) is 49.6. The van der Waals surface area contributed by atoms with E-state index in [4.69, 9.17) is 0 Å². The van der Waals surface area contributed by atoms with Crippen LogP contribution in [-0.2, 0) is 54.3 Å². The zero-order valence-corrected chi connectivity index (χ0v) is 56.3. The minimum Gasteiger partial charge on any atom is -0.270 e. The molecule has 0 saturated carbocycles. The Kier molecular flexibility index (Phi) is 24.4. The van der Waals surface area contributed by atoms with E-state index in [1.165, 1.54) is 67.0 Å². The largest absolute Gasteiger partial charge is 0.302 e. The van der Waals surface area contributed by atoms with Crippen molar-refractivity contribution in [1.29, 1.82) is 0 Å². The summed E-state index contributed by atoms with van der Waals surface area (Å²) < 4.78 is 0. The van der Waals surface area contributed by atoms with Gasteiger partial charge >= 0.3 is 13.3 Å². The predicted molar refractivity (Wildman–Crippen MR) is 334 cm³/mol. The molecule has 2 fully saturated rings. The average molecular weight is 1440 g/mol. The fourth-order valence-electron chi connectivity index (χ4n) is 11.1. The summed E-state index contributed by atoms with van der Waals surface area (Å²) in [4.78, 5) is 36.4. The van der Waals surface area contributed by atoms with Gasteiger partial charge in [0.15, 0.2) is 0 Å². The maximum absolute atomic E-state index is 13.9. The van der Waals surface area contributed by atoms with Gasteiger partial charge in [0.25, 0.3) is 11.8 Å². The van der Waals surface area contributed by atoms with E-state index in [0.717, 1.165) is 11.4 Å². The van der Waals surface area contributed by atoms with Crippen LogP contribution in [0.15, 0.2) is 121 Å². The molecule has 6 aromatic rings. The number of hydrogen-bond acceptors (Lipinski definition) is 4. The van der Waals surface area contributed by atoms with Crippen LogP contribution in [-0.4, -0.2) is 24.9 Å². The normalized spacial score (nSPS) is 14.9. The number of carbonyl (C=O) groups is 2. The number of benzene rings is 6. The van der Waals surface area contributed by atoms with Crippen molar-refractivity contribution in [3.8, 4) is 11.1 Å². The van der Waals surface area contributed by atoms with E-state index in [9.17, 15) is 9.59 Å². The number of carbonyl (C=O) groups excluding carboxylic acids is 2. The molecule has 80 heavy (non-hydrogen) atoms. The minimum absolute atomic E-state index is 0. The Morgan fingerprint density at radius 1 is 0.350 bits per heavy atom. The topological polar surface area (TPSA) is 47.1 Å². The van der Waals surface area contributed by atoms with Crippen LogP contribution < -0.4 is 19.6 Å². The van der Waals surface area contributed by atoms with Crippen LogP contribution >= 0.6 is 0 Å². The first-order valence-electron chi connectivity index (χ1n) is 29.0. The van der Waals surface area contributed by atoms with Gasteiger partial charge in [-0.15, -0.1) is 9.80 Å². The van der Waals surface area contributed by atoms with E-state index >= 15 is 0 Å². The van der Waals surface area contributed by atoms with Gasteiger partial charge in [-0.1, -0.05) is 184 Å². The summed E-state index contributed by atoms with van der Waals surface area (Å²) in [6, 6.07) is 48.2. The second kappa shape index (κ2) is 28.9. The monoisotopic (exact) mass is 1440 g/mol. The average Bonchev–Trinajstić information content (AvgIpc) is 3.39. The van der Waals surface area contributed by atoms with E-state index in [1.807, 2.05) is 34.1 Å². The molecule has 0 unspecified atom stereocenters. The number of hydrogen-bond donors (Lipinski definition) is 0. The SMILES string of the molecule is CC(C)c1cccc(C(C)C)c1N1[CH+]N(c2c(C(C)C)cccc2C(C)C)C(=O)C(C)(C)C1.CC(C)c1cccc(C(C)C)c1N1[CH+]N(c2c(C(C)C)cccc2C(C)C)C(=O)C(C)(C)C1.[Au].[Au].[c-]1ccc(-c2cc[c-]cc2)cc1. The van der Waals surface area contributed by atoms with Crippen LogP contribution in [0.1, 0.15) is 230 Å². The smallest absolute Gasteiger partial charge is 0.270 e. The zero-order chi connectivity index (χ0) is 57.6. The summed E-state index contributed by atoms with van der Waals surface area (Å²) in [5, 5.41) is 0. The van der Waals surface area contributed by atoms with Crippen molar-refractivity contribution in [2.45, 2.75) is 186 Å². The molecule has 0 N–H and O–H groups in total. The Balaban J connectivity index is 0.000000279. The van der Waals surface area contributed by atoms with Crippen LogP contribution in [0.25, 0.3) is 11.1 Å². The molecule has 2 aliphatic rings. The molecule has 0 spiro atoms. The molecule has 2 amide bonds. The van der Waals surface area contributed by atoms with Crippen LogP contribution in [0.5, 0.6) is 0 Å². The van der Waals surface area contributed by atoms with Crippen LogP contribution in [0.2, 0.25) is 0 Å². The third kappa shape index (κ3) is 15.4. The van der Waals surface area contributed by atoms with Gasteiger partial charge < -0.3 is 0 Å². The molecular formula is C72H94Au2N4O2. The number of para-hydroxylation sites is 4. The van der Waals surface area contributed by atoms with Crippen LogP contribution in [0, 0.1) is 36.3 Å². The van der Waals surface area contributed by atoms with Gasteiger partial charge in [0.1, 0.15) is 0 Å². The Morgan fingerprint density at radius 2 is 0.550 bits per heavy atom. The molecule has 2 radical (unpaired) electrons. The third-order valence-electron chi connectivity index (χ3n) is 15.4. The maximum Gasteiger partial charge on any atom is 0.302 e. The second-order valence-corrected chi connectivity index (χ2v) is 25.6. The fraction of sp³-hybridized carbons (Fsp3) is 0.444. The van der Waals surface area contributed by atoms with E-state index in [1.54, 1.807) is 0 Å². The molecule has 0 aliphatic carbocycles. The minimum atomic E-state index is -0.509. The standard InChI is InChI=1S/2C30H43N2O.C12H8.2Au/c2*1-19(2)23-13-11-14-24(20(3)4)27(23)31-17-30(9,10)29(33)32(18-31)28-25(21(5)6)15-12-16-26(28)22(7)8;1-3-7-11(8-4-1)12-9-5-2-6-10-12;;/h2*11-16,18-22H,17H2,1-10H3;3-10H;;/q2*+1;-2;;. The summed E-state index contributed by atoms with van der Waals surface area (Å²) in [7, 11) is 0. The number of amides is 2. The first-order valence-corrected chi connectivity index (χ1v) is 29.0. The Hall–Kier alpha value is -4.92. The van der Waals surface area contributed by atoms with E-state index in [-0.39, 0.29) is 56.6 Å². The van der Waals surface area contributed by atoms with Crippen molar-refractivity contribution in [2.75, 3.05) is 32.7 Å². The molecule has 6 nitrogen and oxygen atoms in total. The summed E-state index contributed by atoms with van der Waals surface area (Å²) in [5.41, 5.74) is 16.4. The van der Waals surface area contributed by atoms with Crippen molar-refractivity contribution in [3.05, 3.63) is 191 Å². The van der Waals surface area contributed by atoms with Crippen molar-refractivity contribution in [2.24, 2.45) is 10.8 Å². The van der Waals surface area contributed by atoms with Gasteiger partial charge in [-0.25, -0.2) is 0 Å². The zero-order valence-electron chi connectivity index (χ0n) is 51.9. The van der Waals surface area contributed by atoms with Gasteiger partial charge in [-0.05, 0) is 120 Å². The molecule has 2 aliphatic heterocycles. The summed E-state index contributed by atoms with van der Waals surface area (Å²) in [6.07, 6.45) is 0. The maximum atomic E-state index is 13.9. The Morgan fingerprint density at radius 3 is 0.750 bits per heavy atom. The Bertz CT molecular complexity index is 2650. The third-order valence-corrected chi connectivity index (χ3v) is 15.4. The molecular weight excluding hydrogens is 1350 g/mol. The molecule has 2 saturated heterocycles. The van der Waals surface area contributed by atoms with Gasteiger partial charge in [0.05, 0.1) is 46.7 Å². The molecule has 0 bridgehead atoms. The summed E-state index contributed by atoms with van der Waals surface area (Å²) >= 11 is 0. The number of rotatable bonds is 13. The quantitative estimate of drug-likeness (QED) is 0.0854. The van der Waals surface area contributed by atoms with Crippen molar-refractivity contribution in [3.63, 3.8) is 0 Å². The molecule has 8 rings (SSSR count). The van der Waals surface area contributed by atoms with Crippen molar-refractivity contribution in [1.82, 2.24) is 0 Å². The second-order valence-electron chi connectivity index (χ2n) is 25.6. The molecule has 6 aromatic carbocycles. The summed E-state index contributed by atoms with van der Waals surface area (Å²) in [5.74, 6) is 3.24. The molecule has 436 valence electrons. The van der Waals surface area contributed by atoms with Crippen LogP contribution in [0.3, 0.4) is 0 Å². The van der Waals surface area contributed by atoms with Gasteiger partial charge in [-0.3, -0.25) is 9.59 Å². The number of anilines is 4. The van der Waals surface area contributed by atoms with Crippen molar-refractivity contribution >= 4 is 34.6 Å². The van der Waals surface area contributed by atoms with E-state index < -0.39 is 10.8 Å². The van der Waals surface area contributed by atoms with Gasteiger partial charge in [0, 0.05) is 44.8 Å².